The van der Waals surface area contributed by atoms with Crippen LogP contribution in [0.5, 0.6) is 5.75 Å². The summed E-state index contributed by atoms with van der Waals surface area (Å²) in [4.78, 5) is 16.6. The molecule has 0 atom stereocenters. The fourth-order valence-electron chi connectivity index (χ4n) is 2.67. The monoisotopic (exact) mass is 337 g/mol. The molecule has 2 amide bonds. The van der Waals surface area contributed by atoms with Crippen LogP contribution in [0.2, 0.25) is 0 Å². The van der Waals surface area contributed by atoms with Crippen LogP contribution < -0.4 is 15.4 Å². The van der Waals surface area contributed by atoms with E-state index in [0.29, 0.717) is 18.2 Å². The molecule has 2 aromatic carbocycles. The van der Waals surface area contributed by atoms with E-state index >= 15 is 0 Å². The lowest BCUT2D eigenvalue weighted by atomic mass is 10.2. The van der Waals surface area contributed by atoms with Crippen molar-refractivity contribution in [2.75, 3.05) is 12.4 Å². The van der Waals surface area contributed by atoms with Gasteiger partial charge in [0, 0.05) is 18.2 Å². The first-order valence-corrected chi connectivity index (χ1v) is 8.29. The third kappa shape index (κ3) is 3.57. The summed E-state index contributed by atoms with van der Waals surface area (Å²) in [7, 11) is 1.62. The van der Waals surface area contributed by atoms with Gasteiger partial charge in [-0.05, 0) is 48.7 Å². The fraction of sp³-hybridized carbons (Fsp3) is 0.263. The average molecular weight is 337 g/mol. The first-order valence-electron chi connectivity index (χ1n) is 8.29. The number of benzene rings is 2. The van der Waals surface area contributed by atoms with Crippen molar-refractivity contribution < 1.29 is 13.9 Å². The second kappa shape index (κ2) is 6.47. The van der Waals surface area contributed by atoms with E-state index in [1.807, 2.05) is 42.5 Å². The number of fused-ring (bicyclic) bond motifs is 1. The molecule has 1 saturated carbocycles. The summed E-state index contributed by atoms with van der Waals surface area (Å²) in [5, 5.41) is 5.65. The highest BCUT2D eigenvalue weighted by atomic mass is 16.5. The molecule has 128 valence electrons. The minimum atomic E-state index is -0.270. The van der Waals surface area contributed by atoms with Gasteiger partial charge in [0.2, 0.25) is 0 Å². The molecule has 0 saturated heterocycles. The molecule has 25 heavy (non-hydrogen) atoms. The molecule has 2 N–H and O–H groups in total. The van der Waals surface area contributed by atoms with Crippen LogP contribution in [0.3, 0.4) is 0 Å². The van der Waals surface area contributed by atoms with Gasteiger partial charge in [-0.3, -0.25) is 0 Å². The fourth-order valence-corrected chi connectivity index (χ4v) is 2.67. The molecule has 0 spiro atoms. The number of rotatable bonds is 5. The first-order chi connectivity index (χ1) is 12.2. The number of carbonyl (C=O) groups is 1. The lowest BCUT2D eigenvalue weighted by Crippen LogP contribution is -2.28. The maximum atomic E-state index is 12.1. The Hall–Kier alpha value is -3.02. The molecule has 1 heterocycles. The van der Waals surface area contributed by atoms with E-state index in [1.165, 1.54) is 0 Å². The van der Waals surface area contributed by atoms with Crippen molar-refractivity contribution in [2.24, 2.45) is 0 Å². The van der Waals surface area contributed by atoms with Crippen molar-refractivity contribution in [3.05, 3.63) is 53.9 Å². The summed E-state index contributed by atoms with van der Waals surface area (Å²) in [6.07, 6.45) is 2.29. The van der Waals surface area contributed by atoms with Crippen molar-refractivity contribution in [1.82, 2.24) is 10.3 Å². The molecule has 1 aliphatic carbocycles. The summed E-state index contributed by atoms with van der Waals surface area (Å²) in [6, 6.07) is 12.8. The van der Waals surface area contributed by atoms with Gasteiger partial charge in [0.15, 0.2) is 11.5 Å². The van der Waals surface area contributed by atoms with Gasteiger partial charge in [0.05, 0.1) is 7.11 Å². The number of anilines is 1. The van der Waals surface area contributed by atoms with Gasteiger partial charge in [-0.2, -0.15) is 0 Å². The third-order valence-electron chi connectivity index (χ3n) is 4.18. The topological polar surface area (TPSA) is 76.4 Å². The quantitative estimate of drug-likeness (QED) is 0.737. The third-order valence-corrected chi connectivity index (χ3v) is 4.18. The number of hydrogen-bond donors (Lipinski definition) is 2. The normalized spacial score (nSPS) is 13.6. The zero-order valence-electron chi connectivity index (χ0n) is 13.9. The number of urea groups is 1. The molecule has 0 unspecified atom stereocenters. The predicted molar refractivity (Wildman–Crippen MR) is 94.8 cm³/mol. The van der Waals surface area contributed by atoms with Crippen molar-refractivity contribution in [2.45, 2.75) is 25.3 Å². The summed E-state index contributed by atoms with van der Waals surface area (Å²) in [5.74, 6) is 2.03. The molecular formula is C19H19N3O3. The highest BCUT2D eigenvalue weighted by molar-refractivity contribution is 5.91. The zero-order chi connectivity index (χ0) is 17.2. The van der Waals surface area contributed by atoms with Crippen LogP contribution in [0.1, 0.15) is 30.2 Å². The van der Waals surface area contributed by atoms with Crippen LogP contribution in [-0.4, -0.2) is 18.1 Å². The largest absolute Gasteiger partial charge is 0.497 e. The molecule has 0 aliphatic heterocycles. The summed E-state index contributed by atoms with van der Waals surface area (Å²) in [6.45, 7) is 0.418. The number of nitrogens with one attached hydrogen (secondary N) is 2. The Morgan fingerprint density at radius 2 is 2.16 bits per heavy atom. The number of hydrogen-bond acceptors (Lipinski definition) is 4. The van der Waals surface area contributed by atoms with Gasteiger partial charge in [-0.25, -0.2) is 9.78 Å². The average Bonchev–Trinajstić information content (AvgIpc) is 3.40. The van der Waals surface area contributed by atoms with E-state index in [-0.39, 0.29) is 6.03 Å². The van der Waals surface area contributed by atoms with E-state index in [9.17, 15) is 4.79 Å². The van der Waals surface area contributed by atoms with Gasteiger partial charge in [-0.15, -0.1) is 0 Å². The smallest absolute Gasteiger partial charge is 0.319 e. The van der Waals surface area contributed by atoms with Gasteiger partial charge >= 0.3 is 6.03 Å². The van der Waals surface area contributed by atoms with Crippen LogP contribution >= 0.6 is 0 Å². The molecule has 3 aromatic rings. The number of amides is 2. The van der Waals surface area contributed by atoms with Gasteiger partial charge in [0.25, 0.3) is 0 Å². The molecular weight excluding hydrogens is 318 g/mol. The highest BCUT2D eigenvalue weighted by Crippen LogP contribution is 2.40. The molecule has 0 radical (unpaired) electrons. The van der Waals surface area contributed by atoms with Crippen LogP contribution in [0.15, 0.2) is 46.9 Å². The van der Waals surface area contributed by atoms with Crippen molar-refractivity contribution >= 4 is 22.8 Å². The van der Waals surface area contributed by atoms with Gasteiger partial charge < -0.3 is 19.8 Å². The Balaban J connectivity index is 1.39. The number of carbonyl (C=O) groups excluding carboxylic acids is 1. The van der Waals surface area contributed by atoms with Gasteiger partial charge in [0.1, 0.15) is 11.3 Å². The van der Waals surface area contributed by atoms with E-state index in [4.69, 9.17) is 9.15 Å². The number of oxazole rings is 1. The van der Waals surface area contributed by atoms with Gasteiger partial charge in [-0.1, -0.05) is 12.1 Å². The summed E-state index contributed by atoms with van der Waals surface area (Å²) < 4.78 is 10.9. The summed E-state index contributed by atoms with van der Waals surface area (Å²) in [5.41, 5.74) is 3.18. The van der Waals surface area contributed by atoms with Crippen molar-refractivity contribution in [3.8, 4) is 5.75 Å². The standard InChI is InChI=1S/C19H19N3O3/c1-24-15-4-2-3-12(9-15)11-20-19(23)21-14-7-8-17-16(10-14)22-18(25-17)13-5-6-13/h2-4,7-10,13H,5-6,11H2,1H3,(H2,20,21,23). The number of ether oxygens (including phenoxy) is 1. The Morgan fingerprint density at radius 1 is 1.28 bits per heavy atom. The van der Waals surface area contributed by atoms with Crippen molar-refractivity contribution in [3.63, 3.8) is 0 Å². The molecule has 1 aromatic heterocycles. The Labute approximate surface area is 145 Å². The molecule has 1 fully saturated rings. The molecule has 6 nitrogen and oxygen atoms in total. The van der Waals surface area contributed by atoms with E-state index in [1.54, 1.807) is 7.11 Å². The van der Waals surface area contributed by atoms with Crippen LogP contribution in [0.4, 0.5) is 10.5 Å². The van der Waals surface area contributed by atoms with Crippen LogP contribution in [0, 0.1) is 0 Å². The number of aromatic nitrogens is 1. The second-order valence-corrected chi connectivity index (χ2v) is 6.17. The lowest BCUT2D eigenvalue weighted by molar-refractivity contribution is 0.251. The Kier molecular flexibility index (Phi) is 4.01. The molecule has 6 heteroatoms. The number of methoxy groups -OCH3 is 1. The maximum absolute atomic E-state index is 12.1. The predicted octanol–water partition coefficient (Wildman–Crippen LogP) is 4.04. The zero-order valence-corrected chi connectivity index (χ0v) is 13.9. The maximum Gasteiger partial charge on any atom is 0.319 e. The second-order valence-electron chi connectivity index (χ2n) is 6.17. The first kappa shape index (κ1) is 15.5. The van der Waals surface area contributed by atoms with Crippen LogP contribution in [-0.2, 0) is 6.54 Å². The Morgan fingerprint density at radius 3 is 2.96 bits per heavy atom. The molecule has 0 bridgehead atoms. The minimum Gasteiger partial charge on any atom is -0.497 e. The van der Waals surface area contributed by atoms with E-state index < -0.39 is 0 Å². The lowest BCUT2D eigenvalue weighted by Gasteiger charge is -2.08. The SMILES string of the molecule is COc1cccc(CNC(=O)Nc2ccc3oc(C4CC4)nc3c2)c1. The Bertz CT molecular complexity index is 915. The minimum absolute atomic E-state index is 0.270. The van der Waals surface area contributed by atoms with E-state index in [2.05, 4.69) is 15.6 Å². The summed E-state index contributed by atoms with van der Waals surface area (Å²) >= 11 is 0. The van der Waals surface area contributed by atoms with Crippen molar-refractivity contribution in [1.29, 1.82) is 0 Å². The molecule has 4 rings (SSSR count). The van der Waals surface area contributed by atoms with E-state index in [0.717, 1.165) is 41.1 Å². The van der Waals surface area contributed by atoms with Crippen LogP contribution in [0.25, 0.3) is 11.1 Å². The number of nitrogens with zero attached hydrogens (tertiary/aromatic N) is 1. The molecule has 1 aliphatic rings. The highest BCUT2D eigenvalue weighted by Gasteiger charge is 2.28.